The third kappa shape index (κ3) is 4.35. The normalized spacial score (nSPS) is 18.5. The van der Waals surface area contributed by atoms with Gasteiger partial charge in [0.1, 0.15) is 0 Å². The molecule has 0 amide bonds. The molecule has 1 saturated heterocycles. The Morgan fingerprint density at radius 3 is 2.02 bits per heavy atom. The van der Waals surface area contributed by atoms with Gasteiger partial charge in [0.05, 0.1) is 46.4 Å². The first-order chi connectivity index (χ1) is 25.8. The maximum absolute atomic E-state index is 4.03. The summed E-state index contributed by atoms with van der Waals surface area (Å²) in [7, 11) is 0. The number of rotatable bonds is 7. The highest BCUT2D eigenvalue weighted by atomic mass is 15.3. The average molecular weight is 669 g/mol. The predicted molar refractivity (Wildman–Crippen MR) is 217 cm³/mol. The molecule has 4 nitrogen and oxygen atoms in total. The second-order valence-electron chi connectivity index (χ2n) is 14.2. The van der Waals surface area contributed by atoms with Crippen LogP contribution in [0.2, 0.25) is 0 Å². The van der Waals surface area contributed by atoms with Crippen LogP contribution in [0.4, 0.5) is 0 Å². The van der Waals surface area contributed by atoms with Gasteiger partial charge in [0.25, 0.3) is 0 Å². The lowest BCUT2D eigenvalue weighted by molar-refractivity contribution is 0.421. The first kappa shape index (κ1) is 29.5. The minimum Gasteiger partial charge on any atom is -0.327 e. The van der Waals surface area contributed by atoms with E-state index in [1.807, 2.05) is 0 Å². The van der Waals surface area contributed by atoms with Gasteiger partial charge in [0.2, 0.25) is 0 Å². The van der Waals surface area contributed by atoms with Crippen molar-refractivity contribution in [2.45, 2.75) is 24.3 Å². The summed E-state index contributed by atoms with van der Waals surface area (Å²) in [6.07, 6.45) is 8.95. The van der Waals surface area contributed by atoms with Crippen molar-refractivity contribution >= 4 is 54.4 Å². The van der Waals surface area contributed by atoms with Gasteiger partial charge < -0.3 is 9.13 Å². The van der Waals surface area contributed by atoms with Gasteiger partial charge in [-0.15, -0.1) is 0 Å². The van der Waals surface area contributed by atoms with Crippen LogP contribution in [-0.4, -0.2) is 20.7 Å². The second-order valence-corrected chi connectivity index (χ2v) is 14.2. The van der Waals surface area contributed by atoms with Crippen LogP contribution in [0.5, 0.6) is 0 Å². The summed E-state index contributed by atoms with van der Waals surface area (Å²) in [5.41, 5.74) is 9.70. The molecule has 3 heterocycles. The van der Waals surface area contributed by atoms with Gasteiger partial charge in [-0.3, -0.25) is 10.6 Å². The molecule has 0 spiro atoms. The number of nitrogens with one attached hydrogen (secondary N) is 2. The third-order valence-electron chi connectivity index (χ3n) is 11.5. The minimum atomic E-state index is -0.125. The molecule has 2 N–H and O–H groups in total. The van der Waals surface area contributed by atoms with E-state index in [1.54, 1.807) is 0 Å². The predicted octanol–water partition coefficient (Wildman–Crippen LogP) is 10.8. The van der Waals surface area contributed by atoms with Crippen LogP contribution in [0.1, 0.15) is 11.6 Å². The van der Waals surface area contributed by atoms with Gasteiger partial charge in [-0.1, -0.05) is 152 Å². The quantitative estimate of drug-likeness (QED) is 0.166. The molecule has 1 aliphatic heterocycles. The molecule has 2 aromatic heterocycles. The summed E-state index contributed by atoms with van der Waals surface area (Å²) >= 11 is 0. The number of aromatic nitrogens is 2. The standard InChI is InChI=1S/C48H36N4/c1-3-13-32(14-4-1)33-22-24-35(25-23-33)52-42-20-10-7-17-36(42)38-27-26-37-39(46(38)52)28-29-43-45(37)40-18-8-9-19-41(40)51(43)31-49-47(34-15-5-2-6-16-34)48-30-12-11-21-44(48)50-48/h1-30,44,47,49-50H,31H2. The molecule has 0 bridgehead atoms. The molecule has 0 radical (unpaired) electrons. The molecule has 1 aliphatic carbocycles. The first-order valence-corrected chi connectivity index (χ1v) is 18.2. The number of hydrogen-bond acceptors (Lipinski definition) is 2. The Balaban J connectivity index is 1.09. The van der Waals surface area contributed by atoms with E-state index in [4.69, 9.17) is 0 Å². The Kier molecular flexibility index (Phi) is 6.48. The fraction of sp³-hybridized carbons (Fsp3) is 0.0833. The van der Waals surface area contributed by atoms with Gasteiger partial charge >= 0.3 is 0 Å². The lowest BCUT2D eigenvalue weighted by atomic mass is 9.87. The van der Waals surface area contributed by atoms with Crippen molar-refractivity contribution in [2.24, 2.45) is 0 Å². The van der Waals surface area contributed by atoms with Gasteiger partial charge in [0.15, 0.2) is 0 Å². The Morgan fingerprint density at radius 2 is 1.21 bits per heavy atom. The number of allylic oxidation sites excluding steroid dienone is 2. The lowest BCUT2D eigenvalue weighted by Gasteiger charge is -2.27. The van der Waals surface area contributed by atoms with E-state index in [-0.39, 0.29) is 11.6 Å². The Bertz CT molecular complexity index is 2880. The molecule has 4 heteroatoms. The summed E-state index contributed by atoms with van der Waals surface area (Å²) in [6.45, 7) is 0.680. The van der Waals surface area contributed by atoms with Crippen molar-refractivity contribution in [3.8, 4) is 16.8 Å². The Hall–Kier alpha value is -6.20. The van der Waals surface area contributed by atoms with Crippen LogP contribution >= 0.6 is 0 Å². The highest BCUT2D eigenvalue weighted by Crippen LogP contribution is 2.44. The minimum absolute atomic E-state index is 0.111. The van der Waals surface area contributed by atoms with E-state index in [9.17, 15) is 0 Å². The Labute approximate surface area is 301 Å². The van der Waals surface area contributed by atoms with Crippen molar-refractivity contribution in [3.63, 3.8) is 0 Å². The van der Waals surface area contributed by atoms with Crippen LogP contribution in [0, 0.1) is 0 Å². The molecule has 3 atom stereocenters. The van der Waals surface area contributed by atoms with E-state index in [1.165, 1.54) is 71.1 Å². The summed E-state index contributed by atoms with van der Waals surface area (Å²) < 4.78 is 4.93. The smallest absolute Gasteiger partial charge is 0.0763 e. The topological polar surface area (TPSA) is 43.8 Å². The number of fused-ring (bicyclic) bond motifs is 10. The monoisotopic (exact) mass is 668 g/mol. The van der Waals surface area contributed by atoms with Crippen molar-refractivity contribution in [3.05, 3.63) is 188 Å². The van der Waals surface area contributed by atoms with Gasteiger partial charge in [-0.25, -0.2) is 0 Å². The zero-order valence-corrected chi connectivity index (χ0v) is 28.6. The highest BCUT2D eigenvalue weighted by Gasteiger charge is 2.56. The molecular weight excluding hydrogens is 633 g/mol. The second kappa shape index (κ2) is 11.4. The van der Waals surface area contributed by atoms with Crippen LogP contribution in [0.3, 0.4) is 0 Å². The average Bonchev–Trinajstić information content (AvgIpc) is 3.74. The number of nitrogens with zero attached hydrogens (tertiary/aromatic N) is 2. The van der Waals surface area contributed by atoms with E-state index in [2.05, 4.69) is 202 Å². The first-order valence-electron chi connectivity index (χ1n) is 18.2. The maximum atomic E-state index is 4.03. The van der Waals surface area contributed by atoms with E-state index in [0.717, 1.165) is 5.69 Å². The number of hydrogen-bond donors (Lipinski definition) is 2. The third-order valence-corrected chi connectivity index (χ3v) is 11.5. The van der Waals surface area contributed by atoms with E-state index in [0.29, 0.717) is 12.7 Å². The zero-order valence-electron chi connectivity index (χ0n) is 28.6. The molecule has 3 unspecified atom stereocenters. The van der Waals surface area contributed by atoms with Gasteiger partial charge in [-0.2, -0.15) is 0 Å². The van der Waals surface area contributed by atoms with E-state index >= 15 is 0 Å². The summed E-state index contributed by atoms with van der Waals surface area (Å²) in [5, 5.41) is 15.4. The molecule has 11 rings (SSSR count). The fourth-order valence-corrected chi connectivity index (χ4v) is 9.01. The van der Waals surface area contributed by atoms with Crippen LogP contribution in [0.25, 0.3) is 71.2 Å². The highest BCUT2D eigenvalue weighted by molar-refractivity contribution is 6.27. The van der Waals surface area contributed by atoms with Crippen molar-refractivity contribution in [2.75, 3.05) is 0 Å². The van der Waals surface area contributed by atoms with Gasteiger partial charge in [0, 0.05) is 32.6 Å². The number of para-hydroxylation sites is 2. The fourth-order valence-electron chi connectivity index (χ4n) is 9.01. The molecular formula is C48H36N4. The zero-order chi connectivity index (χ0) is 34.2. The van der Waals surface area contributed by atoms with Crippen LogP contribution < -0.4 is 10.6 Å². The SMILES string of the molecule is C1=CC2NC2(C(NCn2c3ccccc3c3c4ccc5c6ccccc6n(-c6ccc(-c7ccccc7)cc6)c5c4ccc32)c2ccccc2)C=C1. The van der Waals surface area contributed by atoms with Crippen molar-refractivity contribution in [1.29, 1.82) is 0 Å². The van der Waals surface area contributed by atoms with Crippen LogP contribution in [0.15, 0.2) is 182 Å². The molecule has 9 aromatic rings. The molecule has 1 fully saturated rings. The summed E-state index contributed by atoms with van der Waals surface area (Å²) in [5.74, 6) is 0. The van der Waals surface area contributed by atoms with Gasteiger partial charge in [-0.05, 0) is 52.4 Å². The van der Waals surface area contributed by atoms with Crippen molar-refractivity contribution < 1.29 is 0 Å². The molecule has 2 aliphatic rings. The van der Waals surface area contributed by atoms with Crippen molar-refractivity contribution in [1.82, 2.24) is 19.8 Å². The molecule has 248 valence electrons. The molecule has 52 heavy (non-hydrogen) atoms. The van der Waals surface area contributed by atoms with Crippen LogP contribution in [-0.2, 0) is 6.67 Å². The number of benzene rings is 7. The Morgan fingerprint density at radius 1 is 0.558 bits per heavy atom. The molecule has 7 aromatic carbocycles. The summed E-state index contributed by atoms with van der Waals surface area (Å²) in [6, 6.07) is 58.0. The lowest BCUT2D eigenvalue weighted by Crippen LogP contribution is -2.37. The van der Waals surface area contributed by atoms with E-state index < -0.39 is 0 Å². The summed E-state index contributed by atoms with van der Waals surface area (Å²) in [4.78, 5) is 0. The largest absolute Gasteiger partial charge is 0.327 e. The molecule has 0 saturated carbocycles. The maximum Gasteiger partial charge on any atom is 0.0763 e.